The molecule has 0 aliphatic carbocycles. The molecule has 1 unspecified atom stereocenters. The van der Waals surface area contributed by atoms with Crippen molar-refractivity contribution in [1.29, 1.82) is 0 Å². The van der Waals surface area contributed by atoms with Crippen LogP contribution in [0.15, 0.2) is 102 Å². The van der Waals surface area contributed by atoms with Crippen LogP contribution in [0.2, 0.25) is 0 Å². The summed E-state index contributed by atoms with van der Waals surface area (Å²) < 4.78 is 28.2. The predicted octanol–water partition coefficient (Wildman–Crippen LogP) is 4.51. The van der Waals surface area contributed by atoms with Gasteiger partial charge in [-0.25, -0.2) is 8.42 Å². The van der Waals surface area contributed by atoms with Gasteiger partial charge in [0.25, 0.3) is 10.0 Å². The molecule has 0 aromatic heterocycles. The summed E-state index contributed by atoms with van der Waals surface area (Å²) in [5.41, 5.74) is 2.50. The van der Waals surface area contributed by atoms with Crippen molar-refractivity contribution in [3.63, 3.8) is 0 Å². The van der Waals surface area contributed by atoms with E-state index in [0.717, 1.165) is 28.3 Å². The number of nitrogens with one attached hydrogen (secondary N) is 2. The van der Waals surface area contributed by atoms with E-state index >= 15 is 0 Å². The molecule has 0 bridgehead atoms. The van der Waals surface area contributed by atoms with Crippen molar-refractivity contribution in [1.82, 2.24) is 5.32 Å². The summed E-state index contributed by atoms with van der Waals surface area (Å²) in [6, 6.07) is 29.7. The predicted molar refractivity (Wildman–Crippen MR) is 129 cm³/mol. The molecule has 5 nitrogen and oxygen atoms in total. The van der Waals surface area contributed by atoms with Crippen molar-refractivity contribution in [3.8, 4) is 0 Å². The molecule has 3 N–H and O–H groups in total. The van der Waals surface area contributed by atoms with Gasteiger partial charge in [-0.05, 0) is 59.1 Å². The minimum Gasteiger partial charge on any atom is -0.387 e. The van der Waals surface area contributed by atoms with Crippen LogP contribution in [0.3, 0.4) is 0 Å². The molecule has 0 aliphatic rings. The first kappa shape index (κ1) is 22.0. The van der Waals surface area contributed by atoms with Crippen molar-refractivity contribution < 1.29 is 13.5 Å². The fourth-order valence-corrected chi connectivity index (χ4v) is 4.65. The van der Waals surface area contributed by atoms with Crippen LogP contribution in [0.1, 0.15) is 17.2 Å². The van der Waals surface area contributed by atoms with Crippen LogP contribution in [-0.2, 0) is 16.4 Å². The molecule has 0 amide bonds. The third-order valence-corrected chi connectivity index (χ3v) is 6.73. The fourth-order valence-electron chi connectivity index (χ4n) is 3.55. The Morgan fingerprint density at radius 1 is 0.781 bits per heavy atom. The zero-order chi connectivity index (χ0) is 22.4. The van der Waals surface area contributed by atoms with Crippen LogP contribution < -0.4 is 10.0 Å². The van der Waals surface area contributed by atoms with Gasteiger partial charge in [0.15, 0.2) is 0 Å². The molecule has 0 heterocycles. The molecule has 4 aromatic carbocycles. The zero-order valence-electron chi connectivity index (χ0n) is 17.6. The molecule has 164 valence electrons. The minimum atomic E-state index is -3.66. The lowest BCUT2D eigenvalue weighted by atomic mass is 10.1. The third-order valence-electron chi connectivity index (χ3n) is 5.35. The Balaban J connectivity index is 1.31. The summed E-state index contributed by atoms with van der Waals surface area (Å²) in [6.07, 6.45) is 0.238. The highest BCUT2D eigenvalue weighted by atomic mass is 32.2. The number of anilines is 1. The molecule has 0 saturated heterocycles. The first-order valence-electron chi connectivity index (χ1n) is 10.6. The van der Waals surface area contributed by atoms with E-state index in [4.69, 9.17) is 0 Å². The van der Waals surface area contributed by atoms with Crippen LogP contribution in [0.5, 0.6) is 0 Å². The van der Waals surface area contributed by atoms with E-state index in [1.165, 1.54) is 0 Å². The zero-order valence-corrected chi connectivity index (χ0v) is 18.4. The molecule has 4 rings (SSSR count). The van der Waals surface area contributed by atoms with Crippen molar-refractivity contribution in [3.05, 3.63) is 108 Å². The van der Waals surface area contributed by atoms with Gasteiger partial charge in [0, 0.05) is 12.2 Å². The normalized spacial score (nSPS) is 12.5. The number of aliphatic hydroxyl groups excluding tert-OH is 1. The number of hydrogen-bond donors (Lipinski definition) is 3. The number of sulfonamides is 1. The topological polar surface area (TPSA) is 78.4 Å². The first-order valence-corrected chi connectivity index (χ1v) is 12.0. The molecule has 0 fully saturated rings. The summed E-state index contributed by atoms with van der Waals surface area (Å²) >= 11 is 0. The Hall–Kier alpha value is -3.19. The van der Waals surface area contributed by atoms with E-state index in [2.05, 4.69) is 10.0 Å². The highest BCUT2D eigenvalue weighted by Gasteiger charge is 2.14. The van der Waals surface area contributed by atoms with Crippen LogP contribution in [-0.4, -0.2) is 26.6 Å². The lowest BCUT2D eigenvalue weighted by molar-refractivity contribution is 0.175. The lowest BCUT2D eigenvalue weighted by Crippen LogP contribution is -2.23. The van der Waals surface area contributed by atoms with Crippen molar-refractivity contribution in [2.45, 2.75) is 17.4 Å². The van der Waals surface area contributed by atoms with Gasteiger partial charge in [0.05, 0.1) is 11.0 Å². The highest BCUT2D eigenvalue weighted by Crippen LogP contribution is 2.21. The SMILES string of the molecule is O=S(=O)(Nc1ccc(CCNCC(O)c2ccccc2)cc1)c1ccc2ccccc2c1. The average molecular weight is 447 g/mol. The van der Waals surface area contributed by atoms with Crippen LogP contribution in [0.25, 0.3) is 10.8 Å². The van der Waals surface area contributed by atoms with Gasteiger partial charge in [-0.2, -0.15) is 0 Å². The van der Waals surface area contributed by atoms with Crippen molar-refractivity contribution in [2.75, 3.05) is 17.8 Å². The van der Waals surface area contributed by atoms with Crippen molar-refractivity contribution in [2.24, 2.45) is 0 Å². The molecule has 0 saturated carbocycles. The maximum atomic E-state index is 12.8. The summed E-state index contributed by atoms with van der Waals surface area (Å²) in [5, 5.41) is 15.3. The second kappa shape index (κ2) is 9.96. The minimum absolute atomic E-state index is 0.237. The third kappa shape index (κ3) is 5.53. The Bertz CT molecular complexity index is 1270. The Morgan fingerprint density at radius 2 is 1.47 bits per heavy atom. The van der Waals surface area contributed by atoms with E-state index < -0.39 is 16.1 Å². The summed E-state index contributed by atoms with van der Waals surface area (Å²) in [5.74, 6) is 0. The summed E-state index contributed by atoms with van der Waals surface area (Å²) in [6.45, 7) is 1.19. The van der Waals surface area contributed by atoms with Gasteiger partial charge in [-0.3, -0.25) is 4.72 Å². The monoisotopic (exact) mass is 446 g/mol. The molecule has 1 atom stereocenters. The summed E-state index contributed by atoms with van der Waals surface area (Å²) in [7, 11) is -3.66. The van der Waals surface area contributed by atoms with Gasteiger partial charge >= 0.3 is 0 Å². The van der Waals surface area contributed by atoms with Gasteiger partial charge in [0.2, 0.25) is 0 Å². The van der Waals surface area contributed by atoms with Gasteiger partial charge in [-0.15, -0.1) is 0 Å². The first-order chi connectivity index (χ1) is 15.5. The molecular formula is C26H26N2O3S. The molecular weight excluding hydrogens is 420 g/mol. The highest BCUT2D eigenvalue weighted by molar-refractivity contribution is 7.92. The van der Waals surface area contributed by atoms with Crippen LogP contribution >= 0.6 is 0 Å². The Morgan fingerprint density at radius 3 is 2.22 bits per heavy atom. The van der Waals surface area contributed by atoms with Gasteiger partial charge in [-0.1, -0.05) is 72.8 Å². The van der Waals surface area contributed by atoms with Crippen LogP contribution in [0.4, 0.5) is 5.69 Å². The van der Waals surface area contributed by atoms with E-state index in [-0.39, 0.29) is 4.90 Å². The summed E-state index contributed by atoms with van der Waals surface area (Å²) in [4.78, 5) is 0.237. The molecule has 4 aromatic rings. The Labute approximate surface area is 188 Å². The lowest BCUT2D eigenvalue weighted by Gasteiger charge is -2.12. The number of aliphatic hydroxyl groups is 1. The van der Waals surface area contributed by atoms with E-state index in [1.54, 1.807) is 24.3 Å². The number of benzene rings is 4. The van der Waals surface area contributed by atoms with E-state index in [0.29, 0.717) is 18.8 Å². The van der Waals surface area contributed by atoms with Crippen molar-refractivity contribution >= 4 is 26.5 Å². The maximum absolute atomic E-state index is 12.8. The van der Waals surface area contributed by atoms with Gasteiger partial charge in [0.1, 0.15) is 0 Å². The number of rotatable bonds is 9. The quantitative estimate of drug-likeness (QED) is 0.331. The number of fused-ring (bicyclic) bond motifs is 1. The standard InChI is InChI=1S/C26H26N2O3S/c29-26(22-7-2-1-3-8-22)19-27-17-16-20-10-13-24(14-11-20)28-32(30,31)25-15-12-21-6-4-5-9-23(21)18-25/h1-15,18,26-29H,16-17,19H2. The second-order valence-electron chi connectivity index (χ2n) is 7.69. The van der Waals surface area contributed by atoms with E-state index in [1.807, 2.05) is 72.8 Å². The number of hydrogen-bond acceptors (Lipinski definition) is 4. The molecule has 6 heteroatoms. The maximum Gasteiger partial charge on any atom is 0.261 e. The molecule has 0 spiro atoms. The largest absolute Gasteiger partial charge is 0.387 e. The fraction of sp³-hybridized carbons (Fsp3) is 0.154. The second-order valence-corrected chi connectivity index (χ2v) is 9.37. The molecule has 32 heavy (non-hydrogen) atoms. The Kier molecular flexibility index (Phi) is 6.85. The molecule has 0 aliphatic heterocycles. The molecule has 0 radical (unpaired) electrons. The smallest absolute Gasteiger partial charge is 0.261 e. The average Bonchev–Trinajstić information content (AvgIpc) is 2.82. The van der Waals surface area contributed by atoms with Crippen LogP contribution in [0, 0.1) is 0 Å². The van der Waals surface area contributed by atoms with Gasteiger partial charge < -0.3 is 10.4 Å². The van der Waals surface area contributed by atoms with E-state index in [9.17, 15) is 13.5 Å².